The molecule has 3 aromatic rings. The molecule has 0 aliphatic rings. The van der Waals surface area contributed by atoms with Crippen LogP contribution < -0.4 is 4.74 Å². The number of nitrogens with zero attached hydrogens (tertiary/aromatic N) is 5. The summed E-state index contributed by atoms with van der Waals surface area (Å²) in [5.74, 6) is -0.216. The molecule has 0 saturated carbocycles. The van der Waals surface area contributed by atoms with Gasteiger partial charge < -0.3 is 9.64 Å². The van der Waals surface area contributed by atoms with E-state index < -0.39 is 5.82 Å². The van der Waals surface area contributed by atoms with Gasteiger partial charge in [0.15, 0.2) is 11.6 Å². The van der Waals surface area contributed by atoms with Crippen LogP contribution in [0.15, 0.2) is 41.6 Å². The summed E-state index contributed by atoms with van der Waals surface area (Å²) in [7, 11) is 3.09. The van der Waals surface area contributed by atoms with Crippen molar-refractivity contribution in [2.75, 3.05) is 19.9 Å². The van der Waals surface area contributed by atoms with Crippen LogP contribution in [-0.4, -0.2) is 50.9 Å². The second-order valence-corrected chi connectivity index (χ2v) is 7.54. The molecule has 0 saturated heterocycles. The number of halogens is 1. The molecule has 0 radical (unpaired) electrons. The van der Waals surface area contributed by atoms with Crippen molar-refractivity contribution in [1.29, 1.82) is 0 Å². The number of carbonyl (C=O) groups excluding carboxylic acids is 1. The van der Waals surface area contributed by atoms with E-state index in [1.165, 1.54) is 24.9 Å². The van der Waals surface area contributed by atoms with Crippen LogP contribution in [-0.2, 0) is 11.3 Å². The second kappa shape index (κ2) is 9.04. The SMILES string of the molecule is COc1ccc(CN(C)C(=O)CSc2nnnn2-c2cccc(C)c2C)cc1F. The summed E-state index contributed by atoms with van der Waals surface area (Å²) in [6.07, 6.45) is 0. The van der Waals surface area contributed by atoms with Gasteiger partial charge in [-0.15, -0.1) is 5.10 Å². The molecule has 2 aromatic carbocycles. The zero-order valence-electron chi connectivity index (χ0n) is 16.7. The van der Waals surface area contributed by atoms with Gasteiger partial charge in [0.2, 0.25) is 11.1 Å². The quantitative estimate of drug-likeness (QED) is 0.552. The topological polar surface area (TPSA) is 73.1 Å². The maximum atomic E-state index is 13.8. The van der Waals surface area contributed by atoms with Crippen molar-refractivity contribution in [3.05, 3.63) is 58.9 Å². The minimum absolute atomic E-state index is 0.109. The Morgan fingerprint density at radius 3 is 2.79 bits per heavy atom. The van der Waals surface area contributed by atoms with Gasteiger partial charge in [-0.05, 0) is 59.2 Å². The normalized spacial score (nSPS) is 10.8. The molecule has 1 aromatic heterocycles. The van der Waals surface area contributed by atoms with Gasteiger partial charge in [-0.25, -0.2) is 4.39 Å². The average molecular weight is 415 g/mol. The van der Waals surface area contributed by atoms with Crippen LogP contribution in [0.3, 0.4) is 0 Å². The molecule has 0 spiro atoms. The van der Waals surface area contributed by atoms with Gasteiger partial charge in [-0.1, -0.05) is 30.0 Å². The van der Waals surface area contributed by atoms with Gasteiger partial charge in [0.25, 0.3) is 0 Å². The highest BCUT2D eigenvalue weighted by Crippen LogP contribution is 2.23. The number of hydrogen-bond donors (Lipinski definition) is 0. The van der Waals surface area contributed by atoms with E-state index in [2.05, 4.69) is 15.5 Å². The number of carbonyl (C=O) groups is 1. The van der Waals surface area contributed by atoms with Crippen molar-refractivity contribution in [2.45, 2.75) is 25.5 Å². The maximum Gasteiger partial charge on any atom is 0.233 e. The van der Waals surface area contributed by atoms with Crippen LogP contribution in [0.2, 0.25) is 0 Å². The maximum absolute atomic E-state index is 13.8. The van der Waals surface area contributed by atoms with Crippen molar-refractivity contribution in [1.82, 2.24) is 25.1 Å². The standard InChI is InChI=1S/C20H22FN5O2S/c1-13-6-5-7-17(14(13)2)26-20(22-23-24-26)29-12-19(27)25(3)11-15-8-9-18(28-4)16(21)10-15/h5-10H,11-12H2,1-4H3. The average Bonchev–Trinajstić information content (AvgIpc) is 3.16. The third-order valence-electron chi connectivity index (χ3n) is 4.63. The van der Waals surface area contributed by atoms with Gasteiger partial charge in [0.1, 0.15) is 0 Å². The third kappa shape index (κ3) is 4.73. The van der Waals surface area contributed by atoms with Crippen molar-refractivity contribution in [3.8, 4) is 11.4 Å². The molecule has 0 fully saturated rings. The number of rotatable bonds is 7. The summed E-state index contributed by atoms with van der Waals surface area (Å²) >= 11 is 1.26. The highest BCUT2D eigenvalue weighted by Gasteiger charge is 2.16. The van der Waals surface area contributed by atoms with E-state index >= 15 is 0 Å². The van der Waals surface area contributed by atoms with Crippen LogP contribution in [0.1, 0.15) is 16.7 Å². The smallest absolute Gasteiger partial charge is 0.233 e. The number of hydrogen-bond acceptors (Lipinski definition) is 6. The molecule has 0 N–H and O–H groups in total. The van der Waals surface area contributed by atoms with E-state index in [-0.39, 0.29) is 17.4 Å². The summed E-state index contributed by atoms with van der Waals surface area (Å²) < 4.78 is 20.4. The molecular formula is C20H22FN5O2S. The molecule has 29 heavy (non-hydrogen) atoms. The molecule has 0 atom stereocenters. The largest absolute Gasteiger partial charge is 0.494 e. The summed E-state index contributed by atoms with van der Waals surface area (Å²) in [6.45, 7) is 4.33. The summed E-state index contributed by atoms with van der Waals surface area (Å²) in [5, 5.41) is 12.4. The highest BCUT2D eigenvalue weighted by atomic mass is 32.2. The van der Waals surface area contributed by atoms with E-state index in [1.807, 2.05) is 32.0 Å². The predicted molar refractivity (Wildman–Crippen MR) is 109 cm³/mol. The molecular weight excluding hydrogens is 393 g/mol. The third-order valence-corrected chi connectivity index (χ3v) is 5.54. The minimum atomic E-state index is -0.451. The predicted octanol–water partition coefficient (Wildman–Crippen LogP) is 3.18. The summed E-state index contributed by atoms with van der Waals surface area (Å²) in [4.78, 5) is 14.1. The van der Waals surface area contributed by atoms with Crippen LogP contribution >= 0.6 is 11.8 Å². The van der Waals surface area contributed by atoms with E-state index in [0.29, 0.717) is 17.3 Å². The number of ether oxygens (including phenoxy) is 1. The number of benzene rings is 2. The fourth-order valence-corrected chi connectivity index (χ4v) is 3.62. The van der Waals surface area contributed by atoms with Gasteiger partial charge in [-0.2, -0.15) is 4.68 Å². The Morgan fingerprint density at radius 2 is 2.07 bits per heavy atom. The molecule has 7 nitrogen and oxygen atoms in total. The lowest BCUT2D eigenvalue weighted by atomic mass is 10.1. The molecule has 1 amide bonds. The van der Waals surface area contributed by atoms with E-state index in [4.69, 9.17) is 4.74 Å². The molecule has 3 rings (SSSR count). The second-order valence-electron chi connectivity index (χ2n) is 6.60. The number of aromatic nitrogens is 4. The Bertz CT molecular complexity index is 1020. The summed E-state index contributed by atoms with van der Waals surface area (Å²) in [6, 6.07) is 10.6. The number of aryl methyl sites for hydroxylation is 1. The lowest BCUT2D eigenvalue weighted by Crippen LogP contribution is -2.28. The number of tetrazole rings is 1. The van der Waals surface area contributed by atoms with Crippen molar-refractivity contribution in [2.24, 2.45) is 0 Å². The van der Waals surface area contributed by atoms with Crippen molar-refractivity contribution in [3.63, 3.8) is 0 Å². The fourth-order valence-electron chi connectivity index (χ4n) is 2.79. The Kier molecular flexibility index (Phi) is 6.48. The molecule has 0 aliphatic carbocycles. The minimum Gasteiger partial charge on any atom is -0.494 e. The molecule has 152 valence electrons. The lowest BCUT2D eigenvalue weighted by molar-refractivity contribution is -0.127. The van der Waals surface area contributed by atoms with Crippen LogP contribution in [0.4, 0.5) is 4.39 Å². The number of thioether (sulfide) groups is 1. The molecule has 0 unspecified atom stereocenters. The number of methoxy groups -OCH3 is 1. The van der Waals surface area contributed by atoms with Crippen LogP contribution in [0, 0.1) is 19.7 Å². The first kappa shape index (κ1) is 20.8. The Hall–Kier alpha value is -2.94. The zero-order valence-corrected chi connectivity index (χ0v) is 17.5. The summed E-state index contributed by atoms with van der Waals surface area (Å²) in [5.41, 5.74) is 3.78. The van der Waals surface area contributed by atoms with Crippen LogP contribution in [0.25, 0.3) is 5.69 Å². The Labute approximate surface area is 172 Å². The fraction of sp³-hybridized carbons (Fsp3) is 0.300. The molecule has 9 heteroatoms. The first-order valence-corrected chi connectivity index (χ1v) is 9.93. The molecule has 0 aliphatic heterocycles. The van der Waals surface area contributed by atoms with Crippen molar-refractivity contribution >= 4 is 17.7 Å². The van der Waals surface area contributed by atoms with E-state index in [9.17, 15) is 9.18 Å². The molecule has 0 bridgehead atoms. The lowest BCUT2D eigenvalue weighted by Gasteiger charge is -2.17. The number of amides is 1. The van der Waals surface area contributed by atoms with Gasteiger partial charge in [-0.3, -0.25) is 4.79 Å². The Balaban J connectivity index is 1.65. The van der Waals surface area contributed by atoms with Gasteiger partial charge in [0.05, 0.1) is 18.6 Å². The van der Waals surface area contributed by atoms with Crippen molar-refractivity contribution < 1.29 is 13.9 Å². The molecule has 1 heterocycles. The van der Waals surface area contributed by atoms with Gasteiger partial charge >= 0.3 is 0 Å². The first-order chi connectivity index (χ1) is 13.9. The zero-order chi connectivity index (χ0) is 21.0. The van der Waals surface area contributed by atoms with E-state index in [0.717, 1.165) is 16.8 Å². The highest BCUT2D eigenvalue weighted by molar-refractivity contribution is 7.99. The van der Waals surface area contributed by atoms with Crippen LogP contribution in [0.5, 0.6) is 5.75 Å². The monoisotopic (exact) mass is 415 g/mol. The van der Waals surface area contributed by atoms with Gasteiger partial charge in [0, 0.05) is 13.6 Å². The first-order valence-electron chi connectivity index (χ1n) is 8.95. The van der Waals surface area contributed by atoms with E-state index in [1.54, 1.807) is 28.8 Å². The Morgan fingerprint density at radius 1 is 1.28 bits per heavy atom.